The molecule has 2 aliphatic heterocycles. The highest BCUT2D eigenvalue weighted by atomic mass is 35.5. The molecule has 2 atom stereocenters. The minimum absolute atomic E-state index is 0.00420. The van der Waals surface area contributed by atoms with Gasteiger partial charge < -0.3 is 15.4 Å². The predicted octanol–water partition coefficient (Wildman–Crippen LogP) is 3.69. The van der Waals surface area contributed by atoms with Gasteiger partial charge in [0, 0.05) is 62.6 Å². The van der Waals surface area contributed by atoms with Gasteiger partial charge in [-0.1, -0.05) is 17.7 Å². The first-order valence-electron chi connectivity index (χ1n) is 10.9. The van der Waals surface area contributed by atoms with Crippen molar-refractivity contribution >= 4 is 23.2 Å². The number of ether oxygens (including phenoxy) is 1. The number of halogens is 2. The van der Waals surface area contributed by atoms with Crippen molar-refractivity contribution in [2.75, 3.05) is 38.2 Å². The maximum absolute atomic E-state index is 13.6. The van der Waals surface area contributed by atoms with Crippen molar-refractivity contribution in [3.63, 3.8) is 0 Å². The van der Waals surface area contributed by atoms with Crippen LogP contribution in [0.2, 0.25) is 5.02 Å². The predicted molar refractivity (Wildman–Crippen MR) is 119 cm³/mol. The Hall–Kier alpha value is -2.09. The molecule has 0 spiro atoms. The Kier molecular flexibility index (Phi) is 7.48. The van der Waals surface area contributed by atoms with Crippen LogP contribution in [0, 0.1) is 11.8 Å². The number of alkyl halides is 1. The number of pyridine rings is 2. The van der Waals surface area contributed by atoms with Crippen LogP contribution in [0.25, 0.3) is 11.3 Å². The van der Waals surface area contributed by atoms with Crippen LogP contribution in [-0.4, -0.2) is 54.8 Å². The number of aromatic nitrogens is 2. The highest BCUT2D eigenvalue weighted by Crippen LogP contribution is 2.28. The van der Waals surface area contributed by atoms with E-state index in [4.69, 9.17) is 21.3 Å². The molecule has 2 aliphatic rings. The molecule has 31 heavy (non-hydrogen) atoms. The van der Waals surface area contributed by atoms with Crippen LogP contribution >= 0.6 is 11.6 Å². The zero-order valence-electron chi connectivity index (χ0n) is 17.4. The summed E-state index contributed by atoms with van der Waals surface area (Å²) >= 11 is 6.40. The van der Waals surface area contributed by atoms with Gasteiger partial charge in [-0.25, -0.2) is 9.37 Å². The molecule has 0 unspecified atom stereocenters. The molecule has 2 N–H and O–H groups in total. The van der Waals surface area contributed by atoms with E-state index in [-0.39, 0.29) is 24.5 Å². The van der Waals surface area contributed by atoms with E-state index in [1.54, 1.807) is 6.20 Å². The molecule has 2 saturated heterocycles. The molecule has 0 bridgehead atoms. The van der Waals surface area contributed by atoms with Crippen LogP contribution < -0.4 is 10.6 Å². The molecule has 4 rings (SSSR count). The lowest BCUT2D eigenvalue weighted by Crippen LogP contribution is -2.41. The van der Waals surface area contributed by atoms with Gasteiger partial charge in [-0.15, -0.1) is 0 Å². The van der Waals surface area contributed by atoms with Crippen molar-refractivity contribution < 1.29 is 13.9 Å². The van der Waals surface area contributed by atoms with Crippen LogP contribution in [0.15, 0.2) is 30.5 Å². The van der Waals surface area contributed by atoms with Gasteiger partial charge in [-0.3, -0.25) is 9.78 Å². The van der Waals surface area contributed by atoms with Gasteiger partial charge in [0.15, 0.2) is 0 Å². The zero-order valence-corrected chi connectivity index (χ0v) is 18.2. The first-order valence-corrected chi connectivity index (χ1v) is 11.3. The summed E-state index contributed by atoms with van der Waals surface area (Å²) in [7, 11) is 0. The number of carbonyl (C=O) groups excluding carboxylic acids is 1. The second-order valence-corrected chi connectivity index (χ2v) is 8.74. The molecule has 2 aromatic rings. The molecule has 2 aromatic heterocycles. The molecule has 0 saturated carbocycles. The first-order chi connectivity index (χ1) is 15.1. The third-order valence-electron chi connectivity index (χ3n) is 5.96. The Bertz CT molecular complexity index is 907. The molecule has 2 fully saturated rings. The fourth-order valence-corrected chi connectivity index (χ4v) is 4.32. The Labute approximate surface area is 187 Å². The number of ketones is 1. The van der Waals surface area contributed by atoms with Crippen molar-refractivity contribution in [3.8, 4) is 11.3 Å². The number of hydrogen-bond acceptors (Lipinski definition) is 6. The number of nitrogens with zero attached hydrogens (tertiary/aromatic N) is 2. The maximum Gasteiger partial charge on any atom is 0.143 e. The summed E-state index contributed by atoms with van der Waals surface area (Å²) in [5.41, 5.74) is 2.08. The van der Waals surface area contributed by atoms with Gasteiger partial charge in [-0.05, 0) is 43.4 Å². The smallest absolute Gasteiger partial charge is 0.143 e. The van der Waals surface area contributed by atoms with Gasteiger partial charge in [0.05, 0.1) is 10.7 Å². The normalized spacial score (nSPS) is 22.3. The van der Waals surface area contributed by atoms with Crippen LogP contribution in [-0.2, 0) is 16.0 Å². The van der Waals surface area contributed by atoms with Crippen LogP contribution in [0.1, 0.15) is 25.0 Å². The van der Waals surface area contributed by atoms with E-state index in [1.807, 2.05) is 24.3 Å². The molecule has 0 amide bonds. The van der Waals surface area contributed by atoms with Crippen LogP contribution in [0.5, 0.6) is 0 Å². The van der Waals surface area contributed by atoms with Gasteiger partial charge in [0.2, 0.25) is 0 Å². The van der Waals surface area contributed by atoms with E-state index in [0.717, 1.165) is 49.7 Å². The molecule has 0 radical (unpaired) electrons. The molecule has 0 aliphatic carbocycles. The van der Waals surface area contributed by atoms with Crippen molar-refractivity contribution in [2.24, 2.45) is 11.8 Å². The average Bonchev–Trinajstić information content (AvgIpc) is 2.80. The summed E-state index contributed by atoms with van der Waals surface area (Å²) in [6.07, 6.45) is 3.12. The van der Waals surface area contributed by atoms with E-state index in [9.17, 15) is 9.18 Å². The molecular weight excluding hydrogens is 419 g/mol. The summed E-state index contributed by atoms with van der Waals surface area (Å²) < 4.78 is 19.0. The van der Waals surface area contributed by atoms with Crippen molar-refractivity contribution in [3.05, 3.63) is 41.2 Å². The summed E-state index contributed by atoms with van der Waals surface area (Å²) in [5.74, 6) is 1.05. The average molecular weight is 447 g/mol. The van der Waals surface area contributed by atoms with Gasteiger partial charge in [0.25, 0.3) is 0 Å². The standard InChI is InChI=1S/C23H28ClFN4O2/c24-20-14-27-18(10-22(30)16-8-17(25)13-26-12-16)9-19(20)21-2-1-3-23(29-21)28-11-15-4-6-31-7-5-15/h1-3,9,14-17,26H,4-8,10-13H2,(H,28,29)/t16-,17+/m0/s1. The Morgan fingerprint density at radius 2 is 2.13 bits per heavy atom. The van der Waals surface area contributed by atoms with Crippen LogP contribution in [0.4, 0.5) is 10.2 Å². The van der Waals surface area contributed by atoms with Crippen molar-refractivity contribution in [2.45, 2.75) is 31.9 Å². The summed E-state index contributed by atoms with van der Waals surface area (Å²) in [6, 6.07) is 7.58. The minimum atomic E-state index is -0.975. The van der Waals surface area contributed by atoms with Gasteiger partial charge in [-0.2, -0.15) is 0 Å². The van der Waals surface area contributed by atoms with E-state index in [1.165, 1.54) is 0 Å². The Morgan fingerprint density at radius 1 is 1.29 bits per heavy atom. The fraction of sp³-hybridized carbons (Fsp3) is 0.522. The topological polar surface area (TPSA) is 76.1 Å². The Morgan fingerprint density at radius 3 is 2.94 bits per heavy atom. The van der Waals surface area contributed by atoms with Gasteiger partial charge >= 0.3 is 0 Å². The number of piperidine rings is 1. The summed E-state index contributed by atoms with van der Waals surface area (Å²) in [5, 5.41) is 6.87. The quantitative estimate of drug-likeness (QED) is 0.675. The SMILES string of the molecule is O=C(Cc1cc(-c2cccc(NCC3CCOCC3)n2)c(Cl)cn1)[C@@H]1CNC[C@H](F)C1. The summed E-state index contributed by atoms with van der Waals surface area (Å²) in [6.45, 7) is 3.32. The summed E-state index contributed by atoms with van der Waals surface area (Å²) in [4.78, 5) is 21.6. The lowest BCUT2D eigenvalue weighted by Gasteiger charge is -2.24. The third kappa shape index (κ3) is 5.99. The lowest BCUT2D eigenvalue weighted by atomic mass is 9.91. The third-order valence-corrected chi connectivity index (χ3v) is 6.26. The van der Waals surface area contributed by atoms with Crippen LogP contribution in [0.3, 0.4) is 0 Å². The molecule has 166 valence electrons. The number of Topliss-reactive ketones (excluding diaryl/α,β-unsaturated/α-hetero) is 1. The van der Waals surface area contributed by atoms with Crippen molar-refractivity contribution in [1.29, 1.82) is 0 Å². The minimum Gasteiger partial charge on any atom is -0.381 e. The molecule has 8 heteroatoms. The molecule has 0 aromatic carbocycles. The second kappa shape index (κ2) is 10.5. The Balaban J connectivity index is 1.44. The van der Waals surface area contributed by atoms with Gasteiger partial charge in [0.1, 0.15) is 17.8 Å². The highest BCUT2D eigenvalue weighted by molar-refractivity contribution is 6.33. The molecule has 6 nitrogen and oxygen atoms in total. The van der Waals surface area contributed by atoms with E-state index in [2.05, 4.69) is 15.6 Å². The fourth-order valence-electron chi connectivity index (χ4n) is 4.12. The van der Waals surface area contributed by atoms with Crippen molar-refractivity contribution in [1.82, 2.24) is 15.3 Å². The first kappa shape index (κ1) is 22.1. The number of nitrogens with one attached hydrogen (secondary N) is 2. The molecule has 4 heterocycles. The highest BCUT2D eigenvalue weighted by Gasteiger charge is 2.27. The number of carbonyl (C=O) groups is 1. The second-order valence-electron chi connectivity index (χ2n) is 8.33. The monoisotopic (exact) mass is 446 g/mol. The van der Waals surface area contributed by atoms with E-state index in [0.29, 0.717) is 29.7 Å². The largest absolute Gasteiger partial charge is 0.381 e. The van der Waals surface area contributed by atoms with E-state index < -0.39 is 6.17 Å². The molecular formula is C23H28ClFN4O2. The zero-order chi connectivity index (χ0) is 21.6. The maximum atomic E-state index is 13.6. The number of hydrogen-bond donors (Lipinski definition) is 2. The number of anilines is 1. The number of rotatable bonds is 7. The van der Waals surface area contributed by atoms with E-state index >= 15 is 0 Å². The lowest BCUT2D eigenvalue weighted by molar-refractivity contribution is -0.123.